The molecule has 88 valence electrons. The summed E-state index contributed by atoms with van der Waals surface area (Å²) in [5, 5.41) is 0. The van der Waals surface area contributed by atoms with Crippen LogP contribution in [0.2, 0.25) is 0 Å². The SMILES string of the molecule is Cc1cc(F)c(C=O)c(Br)c1OC(F)(F)Cl. The summed E-state index contributed by atoms with van der Waals surface area (Å²) in [5.74, 6) is -1.20. The number of hydrogen-bond donors (Lipinski definition) is 0. The fraction of sp³-hybridized carbons (Fsp3) is 0.222. The molecule has 16 heavy (non-hydrogen) atoms. The van der Waals surface area contributed by atoms with Crippen LogP contribution in [0, 0.1) is 12.7 Å². The average molecular weight is 317 g/mol. The van der Waals surface area contributed by atoms with E-state index in [0.29, 0.717) is 0 Å². The monoisotopic (exact) mass is 316 g/mol. The zero-order chi connectivity index (χ0) is 12.5. The molecular weight excluding hydrogens is 312 g/mol. The number of benzene rings is 1. The number of aldehydes is 1. The topological polar surface area (TPSA) is 26.3 Å². The summed E-state index contributed by atoms with van der Waals surface area (Å²) in [6.45, 7) is 1.35. The molecule has 0 aliphatic heterocycles. The maximum atomic E-state index is 13.2. The highest BCUT2D eigenvalue weighted by molar-refractivity contribution is 9.10. The van der Waals surface area contributed by atoms with Crippen molar-refractivity contribution in [2.75, 3.05) is 0 Å². The first-order valence-corrected chi connectivity index (χ1v) is 5.13. The highest BCUT2D eigenvalue weighted by Gasteiger charge is 2.30. The molecule has 0 unspecified atom stereocenters. The largest absolute Gasteiger partial charge is 0.487 e. The molecule has 0 heterocycles. The van der Waals surface area contributed by atoms with E-state index >= 15 is 0 Å². The van der Waals surface area contributed by atoms with Crippen LogP contribution < -0.4 is 4.74 Å². The zero-order valence-electron chi connectivity index (χ0n) is 7.86. The number of rotatable bonds is 3. The maximum Gasteiger partial charge on any atom is 0.487 e. The summed E-state index contributed by atoms with van der Waals surface area (Å²) in [6.07, 6.45) is 0.193. The molecule has 0 saturated carbocycles. The van der Waals surface area contributed by atoms with Gasteiger partial charge in [-0.05, 0) is 34.5 Å². The third-order valence-corrected chi connectivity index (χ3v) is 2.59. The Kier molecular flexibility index (Phi) is 3.85. The summed E-state index contributed by atoms with van der Waals surface area (Å²) in [5.41, 5.74) is -4.23. The first kappa shape index (κ1) is 13.3. The molecule has 0 aliphatic carbocycles. The van der Waals surface area contributed by atoms with Crippen molar-refractivity contribution in [2.24, 2.45) is 0 Å². The van der Waals surface area contributed by atoms with Gasteiger partial charge in [-0.25, -0.2) is 4.39 Å². The van der Waals surface area contributed by atoms with Crippen molar-refractivity contribution in [3.63, 3.8) is 0 Å². The van der Waals surface area contributed by atoms with Crippen LogP contribution in [-0.2, 0) is 0 Å². The van der Waals surface area contributed by atoms with Gasteiger partial charge in [-0.2, -0.15) is 0 Å². The molecule has 0 aliphatic rings. The average Bonchev–Trinajstić information content (AvgIpc) is 2.11. The number of aryl methyl sites for hydroxylation is 1. The molecule has 0 radical (unpaired) electrons. The normalized spacial score (nSPS) is 11.4. The van der Waals surface area contributed by atoms with Gasteiger partial charge < -0.3 is 4.74 Å². The third-order valence-electron chi connectivity index (χ3n) is 1.73. The van der Waals surface area contributed by atoms with Crippen LogP contribution in [0.5, 0.6) is 5.75 Å². The summed E-state index contributed by atoms with van der Waals surface area (Å²) < 4.78 is 42.0. The van der Waals surface area contributed by atoms with E-state index in [9.17, 15) is 18.0 Å². The van der Waals surface area contributed by atoms with E-state index in [2.05, 4.69) is 32.3 Å². The van der Waals surface area contributed by atoms with Crippen molar-refractivity contribution in [3.05, 3.63) is 27.5 Å². The van der Waals surface area contributed by atoms with Crippen LogP contribution in [0.15, 0.2) is 10.5 Å². The predicted molar refractivity (Wildman–Crippen MR) is 55.7 cm³/mol. The second-order valence-corrected chi connectivity index (χ2v) is 4.13. The third kappa shape index (κ3) is 2.89. The fourth-order valence-electron chi connectivity index (χ4n) is 1.08. The Bertz CT molecular complexity index is 432. The van der Waals surface area contributed by atoms with E-state index in [4.69, 9.17) is 0 Å². The number of alkyl halides is 3. The minimum atomic E-state index is -3.93. The van der Waals surface area contributed by atoms with E-state index in [-0.39, 0.29) is 22.1 Å². The summed E-state index contributed by atoms with van der Waals surface area (Å²) in [6, 6.07) is 0.909. The first-order valence-electron chi connectivity index (χ1n) is 3.95. The van der Waals surface area contributed by atoms with Crippen LogP contribution in [-0.4, -0.2) is 11.9 Å². The fourth-order valence-corrected chi connectivity index (χ4v) is 1.84. The van der Waals surface area contributed by atoms with E-state index in [0.717, 1.165) is 6.07 Å². The van der Waals surface area contributed by atoms with Crippen molar-refractivity contribution < 1.29 is 22.7 Å². The minimum Gasteiger partial charge on any atom is -0.418 e. The Morgan fingerprint density at radius 1 is 1.56 bits per heavy atom. The maximum absolute atomic E-state index is 13.2. The van der Waals surface area contributed by atoms with E-state index < -0.39 is 16.9 Å². The number of halogens is 5. The smallest absolute Gasteiger partial charge is 0.418 e. The summed E-state index contributed by atoms with van der Waals surface area (Å²) in [7, 11) is 0. The van der Waals surface area contributed by atoms with Gasteiger partial charge in [0.1, 0.15) is 11.6 Å². The highest BCUT2D eigenvalue weighted by atomic mass is 79.9. The molecule has 0 saturated heterocycles. The van der Waals surface area contributed by atoms with Crippen molar-refractivity contribution in [2.45, 2.75) is 12.5 Å². The second kappa shape index (κ2) is 4.63. The van der Waals surface area contributed by atoms with E-state index in [1.165, 1.54) is 6.92 Å². The molecule has 0 aromatic heterocycles. The molecular formula is C9H5BrClF3O2. The van der Waals surface area contributed by atoms with Gasteiger partial charge in [-0.1, -0.05) is 0 Å². The molecule has 0 spiro atoms. The standard InChI is InChI=1S/C9H5BrClF3O2/c1-4-2-6(12)5(3-15)7(10)8(4)16-9(11,13)14/h2-3H,1H3. The summed E-state index contributed by atoms with van der Waals surface area (Å²) >= 11 is 7.40. The molecule has 1 rings (SSSR count). The van der Waals surface area contributed by atoms with Gasteiger partial charge >= 0.3 is 5.57 Å². The number of ether oxygens (including phenoxy) is 1. The lowest BCUT2D eigenvalue weighted by Gasteiger charge is -2.15. The molecule has 1 aromatic carbocycles. The molecule has 0 fully saturated rings. The zero-order valence-corrected chi connectivity index (χ0v) is 10.2. The van der Waals surface area contributed by atoms with Crippen molar-refractivity contribution in [1.29, 1.82) is 0 Å². The van der Waals surface area contributed by atoms with Gasteiger partial charge in [0.2, 0.25) is 0 Å². The Morgan fingerprint density at radius 2 is 2.12 bits per heavy atom. The van der Waals surface area contributed by atoms with Crippen LogP contribution in [0.1, 0.15) is 15.9 Å². The van der Waals surface area contributed by atoms with Crippen LogP contribution in [0.4, 0.5) is 13.2 Å². The Labute approximate surface area is 102 Å². The Balaban J connectivity index is 3.34. The van der Waals surface area contributed by atoms with Crippen LogP contribution in [0.3, 0.4) is 0 Å². The lowest BCUT2D eigenvalue weighted by Crippen LogP contribution is -2.17. The first-order chi connectivity index (χ1) is 7.26. The quantitative estimate of drug-likeness (QED) is 0.625. The molecule has 0 bridgehead atoms. The van der Waals surface area contributed by atoms with Crippen molar-refractivity contribution in [1.82, 2.24) is 0 Å². The predicted octanol–water partition coefficient (Wildman–Crippen LogP) is 3.88. The van der Waals surface area contributed by atoms with Gasteiger partial charge in [-0.3, -0.25) is 4.79 Å². The molecule has 7 heteroatoms. The molecule has 0 atom stereocenters. The lowest BCUT2D eigenvalue weighted by atomic mass is 10.1. The van der Waals surface area contributed by atoms with Crippen molar-refractivity contribution >= 4 is 33.8 Å². The van der Waals surface area contributed by atoms with Crippen molar-refractivity contribution in [3.8, 4) is 5.75 Å². The Hall–Kier alpha value is -0.750. The van der Waals surface area contributed by atoms with Gasteiger partial charge in [0, 0.05) is 11.6 Å². The highest BCUT2D eigenvalue weighted by Crippen LogP contribution is 2.37. The van der Waals surface area contributed by atoms with Gasteiger partial charge in [-0.15, -0.1) is 8.78 Å². The van der Waals surface area contributed by atoms with Gasteiger partial charge in [0.25, 0.3) is 0 Å². The second-order valence-electron chi connectivity index (χ2n) is 2.90. The van der Waals surface area contributed by atoms with Crippen LogP contribution >= 0.6 is 27.5 Å². The van der Waals surface area contributed by atoms with E-state index in [1.807, 2.05) is 0 Å². The molecule has 0 amide bonds. The van der Waals surface area contributed by atoms with Gasteiger partial charge in [0.15, 0.2) is 6.29 Å². The van der Waals surface area contributed by atoms with Gasteiger partial charge in [0.05, 0.1) is 10.0 Å². The van der Waals surface area contributed by atoms with Crippen LogP contribution in [0.25, 0.3) is 0 Å². The summed E-state index contributed by atoms with van der Waals surface area (Å²) in [4.78, 5) is 10.5. The molecule has 0 N–H and O–H groups in total. The molecule has 1 aromatic rings. The number of carbonyl (C=O) groups excluding carboxylic acids is 1. The number of carbonyl (C=O) groups is 1. The Morgan fingerprint density at radius 3 is 2.56 bits per heavy atom. The van der Waals surface area contributed by atoms with E-state index in [1.54, 1.807) is 0 Å². The lowest BCUT2D eigenvalue weighted by molar-refractivity contribution is -0.0974. The minimum absolute atomic E-state index is 0.0929. The number of hydrogen-bond acceptors (Lipinski definition) is 2. The molecule has 2 nitrogen and oxygen atoms in total.